The number of carbonyl (C=O) groups is 1. The standard InChI is InChI=1S/C15H21N5O.ClH/c1-3-15(4-2,11-16)14(21)19-12-5-7-13(8-6-12)20-17-9-10-18-20;/h5-10H,3-4,11,16H2,1-2H3,(H,19,21);1H. The number of hydrogen-bond acceptors (Lipinski definition) is 4. The van der Waals surface area contributed by atoms with Gasteiger partial charge in [-0.3, -0.25) is 4.79 Å². The molecule has 0 spiro atoms. The highest BCUT2D eigenvalue weighted by molar-refractivity contribution is 5.95. The van der Waals surface area contributed by atoms with Crippen LogP contribution in [0.15, 0.2) is 36.7 Å². The third-order valence-electron chi connectivity index (χ3n) is 4.00. The molecule has 6 nitrogen and oxygen atoms in total. The number of nitrogens with zero attached hydrogens (tertiary/aromatic N) is 3. The second-order valence-corrected chi connectivity index (χ2v) is 5.01. The average molecular weight is 324 g/mol. The van der Waals surface area contributed by atoms with E-state index in [9.17, 15) is 4.79 Å². The second kappa shape index (κ2) is 7.91. The molecule has 0 aliphatic carbocycles. The third-order valence-corrected chi connectivity index (χ3v) is 4.00. The number of nitrogens with two attached hydrogens (primary N) is 1. The summed E-state index contributed by atoms with van der Waals surface area (Å²) in [6.45, 7) is 4.33. The van der Waals surface area contributed by atoms with Crippen LogP contribution in [0, 0.1) is 5.41 Å². The summed E-state index contributed by atoms with van der Waals surface area (Å²) in [5.41, 5.74) is 6.88. The highest BCUT2D eigenvalue weighted by Crippen LogP contribution is 2.27. The molecule has 0 radical (unpaired) electrons. The summed E-state index contributed by atoms with van der Waals surface area (Å²) >= 11 is 0. The van der Waals surface area contributed by atoms with Crippen LogP contribution in [0.4, 0.5) is 5.69 Å². The van der Waals surface area contributed by atoms with E-state index >= 15 is 0 Å². The Hall–Kier alpha value is -1.92. The molecule has 22 heavy (non-hydrogen) atoms. The van der Waals surface area contributed by atoms with Crippen LogP contribution in [0.5, 0.6) is 0 Å². The van der Waals surface area contributed by atoms with Crippen molar-refractivity contribution in [2.45, 2.75) is 26.7 Å². The van der Waals surface area contributed by atoms with Gasteiger partial charge in [0.05, 0.1) is 23.5 Å². The van der Waals surface area contributed by atoms with Crippen LogP contribution in [0.25, 0.3) is 5.69 Å². The number of hydrogen-bond donors (Lipinski definition) is 2. The lowest BCUT2D eigenvalue weighted by Gasteiger charge is -2.28. The Labute approximate surface area is 136 Å². The fraction of sp³-hybridized carbons (Fsp3) is 0.400. The van der Waals surface area contributed by atoms with Gasteiger partial charge in [-0.1, -0.05) is 13.8 Å². The molecule has 0 bridgehead atoms. The molecule has 3 N–H and O–H groups in total. The normalized spacial score (nSPS) is 10.9. The summed E-state index contributed by atoms with van der Waals surface area (Å²) in [5, 5.41) is 11.1. The van der Waals surface area contributed by atoms with E-state index in [-0.39, 0.29) is 18.3 Å². The molecule has 0 unspecified atom stereocenters. The molecule has 1 aromatic heterocycles. The molecule has 1 aromatic carbocycles. The Kier molecular flexibility index (Phi) is 6.52. The van der Waals surface area contributed by atoms with Gasteiger partial charge in [-0.15, -0.1) is 12.4 Å². The summed E-state index contributed by atoms with van der Waals surface area (Å²) < 4.78 is 0. The lowest BCUT2D eigenvalue weighted by molar-refractivity contribution is -0.125. The van der Waals surface area contributed by atoms with Gasteiger partial charge in [-0.2, -0.15) is 15.0 Å². The van der Waals surface area contributed by atoms with E-state index < -0.39 is 5.41 Å². The minimum absolute atomic E-state index is 0. The molecule has 0 aliphatic rings. The van der Waals surface area contributed by atoms with E-state index in [4.69, 9.17) is 5.73 Å². The molecule has 0 aliphatic heterocycles. The molecule has 2 aromatic rings. The van der Waals surface area contributed by atoms with E-state index in [0.717, 1.165) is 24.2 Å². The van der Waals surface area contributed by atoms with Gasteiger partial charge in [0.1, 0.15) is 0 Å². The summed E-state index contributed by atoms with van der Waals surface area (Å²) in [6, 6.07) is 7.39. The molecule has 120 valence electrons. The van der Waals surface area contributed by atoms with Gasteiger partial charge >= 0.3 is 0 Å². The zero-order valence-corrected chi connectivity index (χ0v) is 13.6. The largest absolute Gasteiger partial charge is 0.329 e. The van der Waals surface area contributed by atoms with Crippen LogP contribution in [-0.4, -0.2) is 27.4 Å². The van der Waals surface area contributed by atoms with Crippen LogP contribution in [0.1, 0.15) is 26.7 Å². The highest BCUT2D eigenvalue weighted by Gasteiger charge is 2.33. The van der Waals surface area contributed by atoms with Gasteiger partial charge in [0, 0.05) is 12.2 Å². The van der Waals surface area contributed by atoms with Crippen LogP contribution in [0.3, 0.4) is 0 Å². The number of amides is 1. The van der Waals surface area contributed by atoms with Crippen LogP contribution in [0.2, 0.25) is 0 Å². The molecule has 1 heterocycles. The number of nitrogens with one attached hydrogen (secondary N) is 1. The maximum atomic E-state index is 12.4. The highest BCUT2D eigenvalue weighted by atomic mass is 35.5. The summed E-state index contributed by atoms with van der Waals surface area (Å²) in [6.07, 6.45) is 4.68. The number of carbonyl (C=O) groups excluding carboxylic acids is 1. The second-order valence-electron chi connectivity index (χ2n) is 5.01. The Balaban J connectivity index is 0.00000242. The van der Waals surface area contributed by atoms with E-state index in [2.05, 4.69) is 15.5 Å². The predicted molar refractivity (Wildman–Crippen MR) is 89.3 cm³/mol. The van der Waals surface area contributed by atoms with Crippen molar-refractivity contribution in [3.05, 3.63) is 36.7 Å². The van der Waals surface area contributed by atoms with Gasteiger partial charge in [-0.25, -0.2) is 0 Å². The van der Waals surface area contributed by atoms with E-state index in [1.54, 1.807) is 12.4 Å². The van der Waals surface area contributed by atoms with Crippen molar-refractivity contribution in [2.75, 3.05) is 11.9 Å². The maximum Gasteiger partial charge on any atom is 0.231 e. The monoisotopic (exact) mass is 323 g/mol. The molecule has 0 saturated heterocycles. The Morgan fingerprint density at radius 2 is 1.73 bits per heavy atom. The van der Waals surface area contributed by atoms with Crippen molar-refractivity contribution in [3.63, 3.8) is 0 Å². The van der Waals surface area contributed by atoms with Crippen molar-refractivity contribution in [2.24, 2.45) is 11.1 Å². The van der Waals surface area contributed by atoms with Gasteiger partial charge in [0.2, 0.25) is 5.91 Å². The smallest absolute Gasteiger partial charge is 0.231 e. The quantitative estimate of drug-likeness (QED) is 0.854. The van der Waals surface area contributed by atoms with Gasteiger partial charge in [0.15, 0.2) is 0 Å². The number of aromatic nitrogens is 3. The van der Waals surface area contributed by atoms with Gasteiger partial charge < -0.3 is 11.1 Å². The topological polar surface area (TPSA) is 85.8 Å². The first-order chi connectivity index (χ1) is 10.1. The molecule has 2 rings (SSSR count). The molecule has 1 amide bonds. The first-order valence-electron chi connectivity index (χ1n) is 7.13. The summed E-state index contributed by atoms with van der Waals surface area (Å²) in [4.78, 5) is 13.9. The molecule has 7 heteroatoms. The summed E-state index contributed by atoms with van der Waals surface area (Å²) in [5.74, 6) is -0.0278. The van der Waals surface area contributed by atoms with E-state index in [1.807, 2.05) is 38.1 Å². The van der Waals surface area contributed by atoms with Crippen molar-refractivity contribution in [1.82, 2.24) is 15.0 Å². The van der Waals surface area contributed by atoms with E-state index in [0.29, 0.717) is 6.54 Å². The summed E-state index contributed by atoms with van der Waals surface area (Å²) in [7, 11) is 0. The Morgan fingerprint density at radius 3 is 2.18 bits per heavy atom. The molecule has 0 saturated carbocycles. The lowest BCUT2D eigenvalue weighted by Crippen LogP contribution is -2.41. The minimum atomic E-state index is -0.498. The fourth-order valence-corrected chi connectivity index (χ4v) is 2.24. The SMILES string of the molecule is CCC(CC)(CN)C(=O)Nc1ccc(-n2nccn2)cc1.Cl. The van der Waals surface area contributed by atoms with Crippen molar-refractivity contribution < 1.29 is 4.79 Å². The van der Waals surface area contributed by atoms with Crippen molar-refractivity contribution in [3.8, 4) is 5.69 Å². The van der Waals surface area contributed by atoms with E-state index in [1.165, 1.54) is 4.80 Å². The molecule has 0 fully saturated rings. The number of anilines is 1. The van der Waals surface area contributed by atoms with Crippen molar-refractivity contribution in [1.29, 1.82) is 0 Å². The van der Waals surface area contributed by atoms with Crippen molar-refractivity contribution >= 4 is 24.0 Å². The van der Waals surface area contributed by atoms with Crippen LogP contribution in [-0.2, 0) is 4.79 Å². The number of benzene rings is 1. The zero-order chi connectivity index (χ0) is 15.3. The Morgan fingerprint density at radius 1 is 1.18 bits per heavy atom. The first-order valence-corrected chi connectivity index (χ1v) is 7.13. The third kappa shape index (κ3) is 3.64. The van der Waals surface area contributed by atoms with Gasteiger partial charge in [-0.05, 0) is 37.1 Å². The zero-order valence-electron chi connectivity index (χ0n) is 12.8. The minimum Gasteiger partial charge on any atom is -0.329 e. The lowest BCUT2D eigenvalue weighted by atomic mass is 9.81. The van der Waals surface area contributed by atoms with Crippen LogP contribution < -0.4 is 11.1 Å². The van der Waals surface area contributed by atoms with Crippen LogP contribution >= 0.6 is 12.4 Å². The molecular formula is C15H22ClN5O. The maximum absolute atomic E-state index is 12.4. The number of halogens is 1. The Bertz CT molecular complexity index is 570. The van der Waals surface area contributed by atoms with Gasteiger partial charge in [0.25, 0.3) is 0 Å². The fourth-order valence-electron chi connectivity index (χ4n) is 2.24. The molecular weight excluding hydrogens is 302 g/mol. The average Bonchev–Trinajstić information content (AvgIpc) is 3.05. The predicted octanol–water partition coefficient (Wildman–Crippen LogP) is 2.39. The number of rotatable bonds is 6. The molecule has 0 atom stereocenters. The first kappa shape index (κ1) is 18.1.